The largest absolute Gasteiger partial charge is 0.537 e. The van der Waals surface area contributed by atoms with E-state index in [1.807, 2.05) is 23.2 Å². The topological polar surface area (TPSA) is 59.1 Å². The number of hydrogen-bond donors (Lipinski definition) is 0. The van der Waals surface area contributed by atoms with Gasteiger partial charge < -0.3 is 9.16 Å². The number of benzene rings is 1. The summed E-state index contributed by atoms with van der Waals surface area (Å²) in [4.78, 5) is 25.4. The predicted molar refractivity (Wildman–Crippen MR) is 109 cm³/mol. The zero-order valence-corrected chi connectivity index (χ0v) is 18.6. The summed E-state index contributed by atoms with van der Waals surface area (Å²) in [6, 6.07) is 10.1. The molecule has 0 spiro atoms. The maximum absolute atomic E-state index is 12.7. The van der Waals surface area contributed by atoms with Crippen LogP contribution in [0.2, 0.25) is 18.1 Å². The van der Waals surface area contributed by atoms with E-state index in [1.54, 1.807) is 5.01 Å². The van der Waals surface area contributed by atoms with Gasteiger partial charge in [0.1, 0.15) is 0 Å². The number of hydrogen-bond acceptors (Lipinski definition) is 5. The van der Waals surface area contributed by atoms with Crippen LogP contribution >= 0.6 is 0 Å². The molecule has 0 radical (unpaired) electrons. The van der Waals surface area contributed by atoms with Gasteiger partial charge in [-0.2, -0.15) is 0 Å². The number of ether oxygens (including phenoxy) is 1. The fraction of sp³-hybridized carbons (Fsp3) is 0.524. The molecule has 0 N–H and O–H groups in total. The number of amides is 1. The number of rotatable bonds is 4. The monoisotopic (exact) mass is 402 g/mol. The summed E-state index contributed by atoms with van der Waals surface area (Å²) >= 11 is 0. The Labute approximate surface area is 168 Å². The molecule has 1 unspecified atom stereocenters. The highest BCUT2D eigenvalue weighted by molar-refractivity contribution is 6.74. The zero-order chi connectivity index (χ0) is 20.7. The highest BCUT2D eigenvalue weighted by Gasteiger charge is 2.48. The highest BCUT2D eigenvalue weighted by Crippen LogP contribution is 2.45. The second-order valence-corrected chi connectivity index (χ2v) is 13.6. The molecule has 3 rings (SSSR count). The van der Waals surface area contributed by atoms with Crippen LogP contribution in [0.1, 0.15) is 45.2 Å². The Hall–Kier alpha value is -2.12. The van der Waals surface area contributed by atoms with E-state index in [0.717, 1.165) is 5.56 Å². The molecule has 0 aromatic heterocycles. The lowest BCUT2D eigenvalue weighted by molar-refractivity contribution is -0.139. The molecule has 2 aliphatic rings. The first-order valence-electron chi connectivity index (χ1n) is 9.72. The standard InChI is InChI=1S/C21H30N2O4Si/c1-21(2,3)28(5,6)27-19(20(25)26-4)17-14-16(15-10-8-7-9-11-15)22-13-12-18(24)23(17)22/h7-11,16H,12-14H2,1-6H3/b19-17-. The minimum Gasteiger partial charge on any atom is -0.537 e. The third kappa shape index (κ3) is 3.60. The summed E-state index contributed by atoms with van der Waals surface area (Å²) in [5.41, 5.74) is 1.74. The van der Waals surface area contributed by atoms with Crippen LogP contribution < -0.4 is 0 Å². The van der Waals surface area contributed by atoms with Gasteiger partial charge in [0.15, 0.2) is 0 Å². The van der Waals surface area contributed by atoms with Crippen molar-refractivity contribution in [1.29, 1.82) is 0 Å². The van der Waals surface area contributed by atoms with Crippen molar-refractivity contribution < 1.29 is 18.8 Å². The van der Waals surface area contributed by atoms with Crippen LogP contribution in [0, 0.1) is 0 Å². The van der Waals surface area contributed by atoms with Gasteiger partial charge in [0.25, 0.3) is 8.32 Å². The van der Waals surface area contributed by atoms with Crippen molar-refractivity contribution in [3.8, 4) is 0 Å². The van der Waals surface area contributed by atoms with Crippen LogP contribution in [0.25, 0.3) is 0 Å². The van der Waals surface area contributed by atoms with Crippen LogP contribution in [0.3, 0.4) is 0 Å². The maximum Gasteiger partial charge on any atom is 0.373 e. The summed E-state index contributed by atoms with van der Waals surface area (Å²) in [6.45, 7) is 11.2. The Kier molecular flexibility index (Phi) is 5.42. The van der Waals surface area contributed by atoms with Crippen molar-refractivity contribution >= 4 is 20.2 Å². The average molecular weight is 403 g/mol. The van der Waals surface area contributed by atoms with Crippen molar-refractivity contribution in [2.75, 3.05) is 13.7 Å². The lowest BCUT2D eigenvalue weighted by Gasteiger charge is -2.37. The van der Waals surface area contributed by atoms with Crippen molar-refractivity contribution in [3.05, 3.63) is 47.4 Å². The Balaban J connectivity index is 2.08. The number of fused-ring (bicyclic) bond motifs is 1. The van der Waals surface area contributed by atoms with E-state index in [0.29, 0.717) is 25.1 Å². The van der Waals surface area contributed by atoms with Crippen molar-refractivity contribution in [3.63, 3.8) is 0 Å². The van der Waals surface area contributed by atoms with Crippen LogP contribution in [-0.4, -0.2) is 43.9 Å². The van der Waals surface area contributed by atoms with Crippen LogP contribution in [0.4, 0.5) is 0 Å². The highest BCUT2D eigenvalue weighted by atomic mass is 28.4. The minimum atomic E-state index is -2.30. The molecule has 2 aliphatic heterocycles. The lowest BCUT2D eigenvalue weighted by atomic mass is 10.0. The molecule has 2 saturated heterocycles. The van der Waals surface area contributed by atoms with E-state index in [1.165, 1.54) is 7.11 Å². The molecule has 0 bridgehead atoms. The van der Waals surface area contributed by atoms with Gasteiger partial charge >= 0.3 is 5.97 Å². The molecular weight excluding hydrogens is 372 g/mol. The molecule has 0 aliphatic carbocycles. The number of carbonyl (C=O) groups excluding carboxylic acids is 2. The van der Waals surface area contributed by atoms with E-state index in [4.69, 9.17) is 9.16 Å². The van der Waals surface area contributed by atoms with Gasteiger partial charge in [0, 0.05) is 19.4 Å². The first-order chi connectivity index (χ1) is 13.1. The number of methoxy groups -OCH3 is 1. The Morgan fingerprint density at radius 3 is 2.39 bits per heavy atom. The molecule has 152 valence electrons. The molecule has 0 saturated carbocycles. The molecular formula is C21H30N2O4Si. The van der Waals surface area contributed by atoms with Gasteiger partial charge in [0.05, 0.1) is 18.8 Å². The van der Waals surface area contributed by atoms with Gasteiger partial charge in [0.2, 0.25) is 11.7 Å². The predicted octanol–water partition coefficient (Wildman–Crippen LogP) is 3.99. The fourth-order valence-corrected chi connectivity index (χ4v) is 4.43. The molecule has 2 heterocycles. The first-order valence-corrected chi connectivity index (χ1v) is 12.6. The lowest BCUT2D eigenvalue weighted by Crippen LogP contribution is -2.42. The molecule has 1 amide bonds. The number of carbonyl (C=O) groups is 2. The van der Waals surface area contributed by atoms with E-state index in [2.05, 4.69) is 46.0 Å². The number of hydrazine groups is 1. The van der Waals surface area contributed by atoms with Crippen LogP contribution in [-0.2, 0) is 18.8 Å². The second kappa shape index (κ2) is 7.37. The maximum atomic E-state index is 12.7. The van der Waals surface area contributed by atoms with Gasteiger partial charge in [-0.25, -0.2) is 14.8 Å². The zero-order valence-electron chi connectivity index (χ0n) is 17.6. The van der Waals surface area contributed by atoms with E-state index in [-0.39, 0.29) is 22.7 Å². The molecule has 1 aromatic rings. The Morgan fingerprint density at radius 2 is 1.82 bits per heavy atom. The summed E-state index contributed by atoms with van der Waals surface area (Å²) < 4.78 is 11.5. The molecule has 1 aromatic carbocycles. The quantitative estimate of drug-likeness (QED) is 0.330. The van der Waals surface area contributed by atoms with E-state index >= 15 is 0 Å². The smallest absolute Gasteiger partial charge is 0.373 e. The van der Waals surface area contributed by atoms with Gasteiger partial charge in [-0.3, -0.25) is 4.79 Å². The van der Waals surface area contributed by atoms with Crippen molar-refractivity contribution in [2.24, 2.45) is 0 Å². The van der Waals surface area contributed by atoms with Crippen molar-refractivity contribution in [2.45, 2.75) is 57.8 Å². The summed E-state index contributed by atoms with van der Waals surface area (Å²) in [7, 11) is -0.945. The minimum absolute atomic E-state index is 0.00493. The van der Waals surface area contributed by atoms with Crippen LogP contribution in [0.15, 0.2) is 41.8 Å². The van der Waals surface area contributed by atoms with E-state index in [9.17, 15) is 9.59 Å². The fourth-order valence-electron chi connectivity index (χ4n) is 3.41. The van der Waals surface area contributed by atoms with Crippen molar-refractivity contribution in [1.82, 2.24) is 10.0 Å². The van der Waals surface area contributed by atoms with Crippen LogP contribution in [0.5, 0.6) is 0 Å². The first kappa shape index (κ1) is 20.6. The average Bonchev–Trinajstić information content (AvgIpc) is 3.20. The van der Waals surface area contributed by atoms with Gasteiger partial charge in [-0.05, 0) is 23.7 Å². The van der Waals surface area contributed by atoms with E-state index < -0.39 is 14.3 Å². The third-order valence-electron chi connectivity index (χ3n) is 6.03. The SMILES string of the molecule is COC(=O)/C(O[Si](C)(C)C(C)(C)C)=C1\CC(c2ccccc2)N2CCC(=O)N12. The summed E-state index contributed by atoms with van der Waals surface area (Å²) in [5.74, 6) is -0.338. The normalized spacial score (nSPS) is 22.3. The molecule has 28 heavy (non-hydrogen) atoms. The molecule has 2 fully saturated rings. The second-order valence-electron chi connectivity index (χ2n) is 8.88. The molecule has 1 atom stereocenters. The molecule has 7 heteroatoms. The third-order valence-corrected chi connectivity index (χ3v) is 10.4. The number of esters is 1. The van der Waals surface area contributed by atoms with Gasteiger partial charge in [-0.15, -0.1) is 0 Å². The molecule has 6 nitrogen and oxygen atoms in total. The summed E-state index contributed by atoms with van der Waals surface area (Å²) in [6.07, 6.45) is 0.968. The Bertz CT molecular complexity index is 798. The number of nitrogens with zero attached hydrogens (tertiary/aromatic N) is 2. The summed E-state index contributed by atoms with van der Waals surface area (Å²) in [5, 5.41) is 3.61. The Morgan fingerprint density at radius 1 is 1.18 bits per heavy atom. The van der Waals surface area contributed by atoms with Gasteiger partial charge in [-0.1, -0.05) is 51.1 Å².